The number of sulfonamides is 1. The molecule has 2 N–H and O–H groups in total. The molecule has 1 aliphatic heterocycles. The van der Waals surface area contributed by atoms with Crippen molar-refractivity contribution in [1.82, 2.24) is 9.71 Å². The number of aromatic nitrogens is 1. The predicted molar refractivity (Wildman–Crippen MR) is 129 cm³/mol. The van der Waals surface area contributed by atoms with Crippen LogP contribution in [-0.2, 0) is 21.3 Å². The minimum absolute atomic E-state index is 0.142. The molecule has 2 heterocycles. The van der Waals surface area contributed by atoms with Gasteiger partial charge in [0.15, 0.2) is 0 Å². The van der Waals surface area contributed by atoms with Gasteiger partial charge in [0, 0.05) is 25.4 Å². The number of hydrogen-bond acceptors (Lipinski definition) is 6. The minimum atomic E-state index is -3.62. The maximum absolute atomic E-state index is 13.0. The number of fused-ring (bicyclic) bond motifs is 1. The monoisotopic (exact) mass is 460 g/mol. The summed E-state index contributed by atoms with van der Waals surface area (Å²) in [4.78, 5) is 6.69. The molecule has 1 unspecified atom stereocenters. The molecule has 3 rings (SSSR count). The first-order valence-electron chi connectivity index (χ1n) is 11.5. The van der Waals surface area contributed by atoms with Gasteiger partial charge in [0.2, 0.25) is 10.0 Å². The first-order valence-corrected chi connectivity index (χ1v) is 12.9. The van der Waals surface area contributed by atoms with Gasteiger partial charge in [-0.15, -0.1) is 0 Å². The van der Waals surface area contributed by atoms with Crippen molar-refractivity contribution >= 4 is 21.4 Å². The second-order valence-corrected chi connectivity index (χ2v) is 10.6. The summed E-state index contributed by atoms with van der Waals surface area (Å²) in [7, 11) is -3.62. The van der Waals surface area contributed by atoms with Crippen LogP contribution in [0.4, 0.5) is 11.4 Å². The van der Waals surface area contributed by atoms with Crippen LogP contribution in [0, 0.1) is 5.92 Å². The molecule has 0 bridgehead atoms. The van der Waals surface area contributed by atoms with Crippen LogP contribution in [0.3, 0.4) is 0 Å². The van der Waals surface area contributed by atoms with Gasteiger partial charge in [-0.05, 0) is 49.4 Å². The Bertz CT molecular complexity index is 963. The second-order valence-electron chi connectivity index (χ2n) is 8.86. The van der Waals surface area contributed by atoms with E-state index in [-0.39, 0.29) is 17.1 Å². The molecule has 8 heteroatoms. The number of rotatable bonds is 12. The predicted octanol–water partition coefficient (Wildman–Crippen LogP) is 4.37. The van der Waals surface area contributed by atoms with Crippen molar-refractivity contribution < 1.29 is 13.2 Å². The zero-order valence-electron chi connectivity index (χ0n) is 19.5. The Labute approximate surface area is 192 Å². The largest absolute Gasteiger partial charge is 0.380 e. The van der Waals surface area contributed by atoms with E-state index in [0.29, 0.717) is 25.7 Å². The molecule has 1 aliphatic rings. The average molecular weight is 461 g/mol. The van der Waals surface area contributed by atoms with Gasteiger partial charge >= 0.3 is 0 Å². The minimum Gasteiger partial charge on any atom is -0.380 e. The van der Waals surface area contributed by atoms with Crippen LogP contribution in [-0.4, -0.2) is 38.8 Å². The summed E-state index contributed by atoms with van der Waals surface area (Å²) in [6.45, 7) is 10.1. The lowest BCUT2D eigenvalue weighted by molar-refractivity contribution is 0.109. The van der Waals surface area contributed by atoms with Crippen molar-refractivity contribution in [2.75, 3.05) is 23.4 Å². The van der Waals surface area contributed by atoms with Crippen molar-refractivity contribution in [1.29, 1.82) is 0 Å². The molecule has 176 valence electrons. The summed E-state index contributed by atoms with van der Waals surface area (Å²) in [5, 5.41) is 3.41. The third kappa shape index (κ3) is 6.43. The van der Waals surface area contributed by atoms with Crippen molar-refractivity contribution in [2.45, 2.75) is 70.6 Å². The summed E-state index contributed by atoms with van der Waals surface area (Å²) in [6, 6.07) is 8.89. The molecule has 0 aliphatic carbocycles. The summed E-state index contributed by atoms with van der Waals surface area (Å²) in [5.74, 6) is 0.369. The summed E-state index contributed by atoms with van der Waals surface area (Å²) in [6.07, 6.45) is 6.52. The lowest BCUT2D eigenvalue weighted by Crippen LogP contribution is -2.39. The van der Waals surface area contributed by atoms with E-state index in [0.717, 1.165) is 36.2 Å². The van der Waals surface area contributed by atoms with Crippen LogP contribution in [0.25, 0.3) is 0 Å². The highest BCUT2D eigenvalue weighted by Gasteiger charge is 2.26. The fourth-order valence-electron chi connectivity index (χ4n) is 3.93. The number of ether oxygens (including phenoxy) is 1. The van der Waals surface area contributed by atoms with E-state index in [1.54, 1.807) is 18.3 Å². The fraction of sp³-hybridized carbons (Fsp3) is 0.542. The quantitative estimate of drug-likeness (QED) is 0.458. The smallest absolute Gasteiger partial charge is 0.240 e. The van der Waals surface area contributed by atoms with E-state index < -0.39 is 10.0 Å². The first-order chi connectivity index (χ1) is 15.3. The van der Waals surface area contributed by atoms with Crippen LogP contribution in [0.15, 0.2) is 47.6 Å². The van der Waals surface area contributed by atoms with Crippen LogP contribution >= 0.6 is 0 Å². The van der Waals surface area contributed by atoms with Gasteiger partial charge in [-0.2, -0.15) is 0 Å². The van der Waals surface area contributed by atoms with Crippen LogP contribution in [0.5, 0.6) is 0 Å². The molecule has 0 fully saturated rings. The van der Waals surface area contributed by atoms with Crippen LogP contribution in [0.2, 0.25) is 0 Å². The zero-order valence-corrected chi connectivity index (χ0v) is 20.4. The second kappa shape index (κ2) is 11.1. The molecule has 2 atom stereocenters. The lowest BCUT2D eigenvalue weighted by Gasteiger charge is -2.24. The number of anilines is 2. The van der Waals surface area contributed by atoms with Crippen molar-refractivity contribution in [3.8, 4) is 0 Å². The van der Waals surface area contributed by atoms with Gasteiger partial charge in [0.1, 0.15) is 0 Å². The Morgan fingerprint density at radius 1 is 1.22 bits per heavy atom. The molecule has 0 radical (unpaired) electrons. The summed E-state index contributed by atoms with van der Waals surface area (Å²) < 4.78 is 34.5. The Kier molecular flexibility index (Phi) is 8.51. The van der Waals surface area contributed by atoms with Gasteiger partial charge in [0.05, 0.1) is 35.2 Å². The van der Waals surface area contributed by atoms with Crippen molar-refractivity contribution in [2.24, 2.45) is 5.92 Å². The van der Waals surface area contributed by atoms with E-state index in [1.165, 1.54) is 0 Å². The van der Waals surface area contributed by atoms with Crippen molar-refractivity contribution in [3.63, 3.8) is 0 Å². The maximum atomic E-state index is 13.0. The first kappa shape index (κ1) is 24.5. The van der Waals surface area contributed by atoms with E-state index in [4.69, 9.17) is 4.74 Å². The molecule has 0 spiro atoms. The number of nitrogens with zero attached hydrogens (tertiary/aromatic N) is 2. The Morgan fingerprint density at radius 2 is 1.97 bits per heavy atom. The SMILES string of the molecule is CCCCOC[C@H](CC(C)C)NS(=O)(=O)c1ccc(CN2c3ccncc3NC2C)cc1. The number of nitrogens with one attached hydrogen (secondary N) is 2. The summed E-state index contributed by atoms with van der Waals surface area (Å²) in [5.41, 5.74) is 3.16. The zero-order chi connectivity index (χ0) is 23.1. The van der Waals surface area contributed by atoms with Gasteiger partial charge in [-0.25, -0.2) is 13.1 Å². The Morgan fingerprint density at radius 3 is 2.66 bits per heavy atom. The average Bonchev–Trinajstić information content (AvgIpc) is 3.06. The van der Waals surface area contributed by atoms with Gasteiger partial charge < -0.3 is 15.0 Å². The highest BCUT2D eigenvalue weighted by atomic mass is 32.2. The van der Waals surface area contributed by atoms with Crippen LogP contribution in [0.1, 0.15) is 52.5 Å². The van der Waals surface area contributed by atoms with Crippen molar-refractivity contribution in [3.05, 3.63) is 48.3 Å². The van der Waals surface area contributed by atoms with Gasteiger partial charge in [-0.1, -0.05) is 39.3 Å². The molecule has 0 saturated carbocycles. The van der Waals surface area contributed by atoms with E-state index in [1.807, 2.05) is 24.4 Å². The lowest BCUT2D eigenvalue weighted by atomic mass is 10.1. The fourth-order valence-corrected chi connectivity index (χ4v) is 5.17. The highest BCUT2D eigenvalue weighted by molar-refractivity contribution is 7.89. The Balaban J connectivity index is 1.65. The highest BCUT2D eigenvalue weighted by Crippen LogP contribution is 2.34. The third-order valence-electron chi connectivity index (χ3n) is 5.56. The number of pyridine rings is 1. The normalized spacial score (nSPS) is 16.8. The Hall–Kier alpha value is -2.16. The number of unbranched alkanes of at least 4 members (excludes halogenated alkanes) is 1. The van der Waals surface area contributed by atoms with Crippen LogP contribution < -0.4 is 14.9 Å². The maximum Gasteiger partial charge on any atom is 0.240 e. The molecule has 0 amide bonds. The topological polar surface area (TPSA) is 83.6 Å². The summed E-state index contributed by atoms with van der Waals surface area (Å²) >= 11 is 0. The van der Waals surface area contributed by atoms with Gasteiger partial charge in [-0.3, -0.25) is 4.98 Å². The molecular weight excluding hydrogens is 424 g/mol. The molecule has 7 nitrogen and oxygen atoms in total. The number of benzene rings is 1. The third-order valence-corrected chi connectivity index (χ3v) is 7.10. The number of hydrogen-bond donors (Lipinski definition) is 2. The molecule has 1 aromatic heterocycles. The standard InChI is InChI=1S/C24H36N4O3S/c1-5-6-13-31-17-21(14-18(2)3)27-32(29,30)22-9-7-20(8-10-22)16-28-19(4)26-23-15-25-12-11-24(23)28/h7-12,15,18-19,21,26-27H,5-6,13-14,16-17H2,1-4H3/t19?,21-/m0/s1. The van der Waals surface area contributed by atoms with Gasteiger partial charge in [0.25, 0.3) is 0 Å². The molecule has 1 aromatic carbocycles. The molecule has 32 heavy (non-hydrogen) atoms. The molecular formula is C24H36N4O3S. The molecule has 0 saturated heterocycles. The molecule has 2 aromatic rings. The van der Waals surface area contributed by atoms with E-state index >= 15 is 0 Å². The van der Waals surface area contributed by atoms with E-state index in [2.05, 4.69) is 47.6 Å². The van der Waals surface area contributed by atoms with E-state index in [9.17, 15) is 8.42 Å².